The first-order valence-electron chi connectivity index (χ1n) is 4.87. The Bertz CT molecular complexity index is 394. The van der Waals surface area contributed by atoms with E-state index in [2.05, 4.69) is 15.9 Å². The van der Waals surface area contributed by atoms with Crippen molar-refractivity contribution >= 4 is 27.5 Å². The van der Waals surface area contributed by atoms with E-state index in [1.165, 1.54) is 12.1 Å². The molecule has 0 radical (unpaired) electrons. The maximum atomic E-state index is 13.0. The molecular weight excluding hydrogens is 261 g/mol. The van der Waals surface area contributed by atoms with E-state index in [4.69, 9.17) is 0 Å². The molecule has 0 saturated heterocycles. The van der Waals surface area contributed by atoms with Gasteiger partial charge in [-0.25, -0.2) is 4.39 Å². The van der Waals surface area contributed by atoms with Gasteiger partial charge in [0.05, 0.1) is 5.33 Å². The highest BCUT2D eigenvalue weighted by Crippen LogP contribution is 2.27. The van der Waals surface area contributed by atoms with Gasteiger partial charge in [-0.1, -0.05) is 15.9 Å². The van der Waals surface area contributed by atoms with Crippen LogP contribution in [-0.4, -0.2) is 17.8 Å². The summed E-state index contributed by atoms with van der Waals surface area (Å²) in [6.45, 7) is 0.725. The Morgan fingerprint density at radius 3 is 3.07 bits per heavy atom. The van der Waals surface area contributed by atoms with Crippen LogP contribution in [0.2, 0.25) is 0 Å². The minimum atomic E-state index is -0.234. The minimum absolute atomic E-state index is 0.0301. The van der Waals surface area contributed by atoms with Crippen molar-refractivity contribution in [2.75, 3.05) is 16.8 Å². The third-order valence-electron chi connectivity index (χ3n) is 2.58. The molecule has 1 heterocycles. The van der Waals surface area contributed by atoms with Gasteiger partial charge < -0.3 is 4.90 Å². The van der Waals surface area contributed by atoms with Crippen LogP contribution in [0, 0.1) is 5.82 Å². The predicted molar refractivity (Wildman–Crippen MR) is 60.9 cm³/mol. The lowest BCUT2D eigenvalue weighted by Crippen LogP contribution is -2.36. The van der Waals surface area contributed by atoms with Crippen LogP contribution in [0.1, 0.15) is 12.0 Å². The fourth-order valence-electron chi connectivity index (χ4n) is 1.90. The van der Waals surface area contributed by atoms with Gasteiger partial charge in [0, 0.05) is 12.2 Å². The van der Waals surface area contributed by atoms with Crippen molar-refractivity contribution in [3.8, 4) is 0 Å². The molecule has 0 saturated carbocycles. The molecule has 1 amide bonds. The van der Waals surface area contributed by atoms with Crippen molar-refractivity contribution in [1.82, 2.24) is 0 Å². The third kappa shape index (κ3) is 2.04. The number of aryl methyl sites for hydroxylation is 1. The monoisotopic (exact) mass is 271 g/mol. The summed E-state index contributed by atoms with van der Waals surface area (Å²) < 4.78 is 13.0. The average molecular weight is 272 g/mol. The Kier molecular flexibility index (Phi) is 3.05. The van der Waals surface area contributed by atoms with Crippen molar-refractivity contribution in [2.45, 2.75) is 12.8 Å². The van der Waals surface area contributed by atoms with E-state index in [-0.39, 0.29) is 11.7 Å². The lowest BCUT2D eigenvalue weighted by atomic mass is 10.0. The highest BCUT2D eigenvalue weighted by Gasteiger charge is 2.21. The first-order chi connectivity index (χ1) is 7.22. The van der Waals surface area contributed by atoms with Gasteiger partial charge in [0.2, 0.25) is 5.91 Å². The number of rotatable bonds is 1. The molecule has 80 valence electrons. The second-order valence-corrected chi connectivity index (χ2v) is 4.12. The number of alkyl halides is 1. The van der Waals surface area contributed by atoms with E-state index < -0.39 is 0 Å². The van der Waals surface area contributed by atoms with E-state index in [1.54, 1.807) is 11.0 Å². The van der Waals surface area contributed by atoms with E-state index in [1.807, 2.05) is 0 Å². The fraction of sp³-hybridized carbons (Fsp3) is 0.364. The van der Waals surface area contributed by atoms with E-state index >= 15 is 0 Å². The largest absolute Gasteiger partial charge is 0.311 e. The SMILES string of the molecule is O=C(CBr)N1CCCc2cc(F)ccc21. The Hall–Kier alpha value is -0.900. The van der Waals surface area contributed by atoms with Crippen molar-refractivity contribution in [1.29, 1.82) is 0 Å². The zero-order valence-corrected chi connectivity index (χ0v) is 9.76. The van der Waals surface area contributed by atoms with Gasteiger partial charge in [0.15, 0.2) is 0 Å². The summed E-state index contributed by atoms with van der Waals surface area (Å²) in [6.07, 6.45) is 1.74. The zero-order valence-electron chi connectivity index (χ0n) is 8.17. The molecule has 1 aliphatic rings. The standard InChI is InChI=1S/C11H11BrFNO/c12-7-11(15)14-5-1-2-8-6-9(13)3-4-10(8)14/h3-4,6H,1-2,5,7H2. The van der Waals surface area contributed by atoms with Gasteiger partial charge in [-0.3, -0.25) is 4.79 Å². The average Bonchev–Trinajstić information content (AvgIpc) is 2.26. The molecule has 0 aromatic heterocycles. The first-order valence-corrected chi connectivity index (χ1v) is 5.99. The van der Waals surface area contributed by atoms with Crippen molar-refractivity contribution in [3.63, 3.8) is 0 Å². The lowest BCUT2D eigenvalue weighted by molar-refractivity contribution is -0.116. The van der Waals surface area contributed by atoms with Gasteiger partial charge in [-0.15, -0.1) is 0 Å². The van der Waals surface area contributed by atoms with Crippen LogP contribution in [0.5, 0.6) is 0 Å². The van der Waals surface area contributed by atoms with E-state index in [0.29, 0.717) is 5.33 Å². The first kappa shape index (κ1) is 10.6. The third-order valence-corrected chi connectivity index (χ3v) is 3.06. The summed E-state index contributed by atoms with van der Waals surface area (Å²) in [4.78, 5) is 13.3. The molecule has 0 aliphatic carbocycles. The van der Waals surface area contributed by atoms with Gasteiger partial charge in [-0.2, -0.15) is 0 Å². The van der Waals surface area contributed by atoms with Crippen LogP contribution < -0.4 is 4.90 Å². The Morgan fingerprint density at radius 2 is 2.33 bits per heavy atom. The minimum Gasteiger partial charge on any atom is -0.311 e. The molecule has 15 heavy (non-hydrogen) atoms. The summed E-state index contributed by atoms with van der Waals surface area (Å²) in [5, 5.41) is 0.309. The highest BCUT2D eigenvalue weighted by molar-refractivity contribution is 9.09. The summed E-state index contributed by atoms with van der Waals surface area (Å²) >= 11 is 3.15. The smallest absolute Gasteiger partial charge is 0.237 e. The van der Waals surface area contributed by atoms with Gasteiger partial charge in [0.1, 0.15) is 5.82 Å². The summed E-state index contributed by atoms with van der Waals surface area (Å²) in [5.74, 6) is -0.204. The molecule has 0 N–H and O–H groups in total. The Balaban J connectivity index is 2.38. The summed E-state index contributed by atoms with van der Waals surface area (Å²) in [7, 11) is 0. The number of carbonyl (C=O) groups is 1. The highest BCUT2D eigenvalue weighted by atomic mass is 79.9. The van der Waals surface area contributed by atoms with Crippen LogP contribution in [0.4, 0.5) is 10.1 Å². The molecule has 0 fully saturated rings. The number of benzene rings is 1. The molecule has 2 rings (SSSR count). The summed E-state index contributed by atoms with van der Waals surface area (Å²) in [6, 6.07) is 4.60. The number of halogens is 2. The van der Waals surface area contributed by atoms with Crippen molar-refractivity contribution < 1.29 is 9.18 Å². The van der Waals surface area contributed by atoms with Gasteiger partial charge in [0.25, 0.3) is 0 Å². The maximum Gasteiger partial charge on any atom is 0.237 e. The molecule has 1 aromatic carbocycles. The second kappa shape index (κ2) is 4.31. The van der Waals surface area contributed by atoms with E-state index in [0.717, 1.165) is 30.6 Å². The van der Waals surface area contributed by atoms with E-state index in [9.17, 15) is 9.18 Å². The maximum absolute atomic E-state index is 13.0. The van der Waals surface area contributed by atoms with Crippen LogP contribution in [-0.2, 0) is 11.2 Å². The molecular formula is C11H11BrFNO. The number of anilines is 1. The molecule has 0 spiro atoms. The number of fused-ring (bicyclic) bond motifs is 1. The van der Waals surface area contributed by atoms with Crippen LogP contribution in [0.25, 0.3) is 0 Å². The number of nitrogens with zero attached hydrogens (tertiary/aromatic N) is 1. The molecule has 2 nitrogen and oxygen atoms in total. The normalized spacial score (nSPS) is 14.9. The van der Waals surface area contributed by atoms with Crippen molar-refractivity contribution in [2.24, 2.45) is 0 Å². The number of hydrogen-bond acceptors (Lipinski definition) is 1. The Morgan fingerprint density at radius 1 is 1.53 bits per heavy atom. The molecule has 0 unspecified atom stereocenters. The topological polar surface area (TPSA) is 20.3 Å². The number of amides is 1. The number of carbonyl (C=O) groups excluding carboxylic acids is 1. The quantitative estimate of drug-likeness (QED) is 0.719. The molecule has 0 atom stereocenters. The predicted octanol–water partition coefficient (Wildman–Crippen LogP) is 2.50. The van der Waals surface area contributed by atoms with Crippen LogP contribution >= 0.6 is 15.9 Å². The van der Waals surface area contributed by atoms with Gasteiger partial charge >= 0.3 is 0 Å². The van der Waals surface area contributed by atoms with Crippen LogP contribution in [0.3, 0.4) is 0 Å². The summed E-state index contributed by atoms with van der Waals surface area (Å²) in [5.41, 5.74) is 1.78. The molecule has 4 heteroatoms. The molecule has 1 aromatic rings. The van der Waals surface area contributed by atoms with Crippen molar-refractivity contribution in [3.05, 3.63) is 29.6 Å². The van der Waals surface area contributed by atoms with Gasteiger partial charge in [-0.05, 0) is 36.6 Å². The number of hydrogen-bond donors (Lipinski definition) is 0. The second-order valence-electron chi connectivity index (χ2n) is 3.56. The molecule has 1 aliphatic heterocycles. The fourth-order valence-corrected chi connectivity index (χ4v) is 2.20. The Labute approximate surface area is 96.2 Å². The van der Waals surface area contributed by atoms with Crippen LogP contribution in [0.15, 0.2) is 18.2 Å². The lowest BCUT2D eigenvalue weighted by Gasteiger charge is -2.29. The zero-order chi connectivity index (χ0) is 10.8. The molecule has 0 bridgehead atoms.